The standard InChI is InChI=1S/C4H8NO/c1-4(2)5-3-6/h3-4H,1-2H3. The Morgan fingerprint density at radius 2 is 2.17 bits per heavy atom. The third-order valence-electron chi connectivity index (χ3n) is 0.359. The van der Waals surface area contributed by atoms with E-state index in [4.69, 9.17) is 0 Å². The van der Waals surface area contributed by atoms with Gasteiger partial charge in [0.15, 0.2) is 0 Å². The molecule has 0 atom stereocenters. The lowest BCUT2D eigenvalue weighted by Crippen LogP contribution is -2.10. The Morgan fingerprint density at radius 1 is 1.67 bits per heavy atom. The van der Waals surface area contributed by atoms with E-state index in [9.17, 15) is 4.79 Å². The van der Waals surface area contributed by atoms with E-state index in [0.717, 1.165) is 0 Å². The van der Waals surface area contributed by atoms with E-state index in [1.54, 1.807) is 0 Å². The van der Waals surface area contributed by atoms with Crippen molar-refractivity contribution in [3.63, 3.8) is 0 Å². The lowest BCUT2D eigenvalue weighted by atomic mass is 10.4. The largest absolute Gasteiger partial charge is 0.277 e. The normalized spacial score (nSPS) is 8.50. The van der Waals surface area contributed by atoms with Crippen molar-refractivity contribution in [1.82, 2.24) is 5.32 Å². The van der Waals surface area contributed by atoms with E-state index in [1.807, 2.05) is 13.8 Å². The number of hydrogen-bond donors (Lipinski definition) is 0. The van der Waals surface area contributed by atoms with Crippen LogP contribution in [0.3, 0.4) is 0 Å². The van der Waals surface area contributed by atoms with Crippen molar-refractivity contribution in [3.8, 4) is 0 Å². The number of nitrogens with zero attached hydrogens (tertiary/aromatic N) is 1. The predicted octanol–water partition coefficient (Wildman–Crippen LogP) is 0.156. The first-order valence-corrected chi connectivity index (χ1v) is 1.91. The molecule has 2 heteroatoms. The zero-order valence-corrected chi connectivity index (χ0v) is 4.01. The van der Waals surface area contributed by atoms with Gasteiger partial charge in [-0.05, 0) is 13.8 Å². The van der Waals surface area contributed by atoms with Crippen LogP contribution in [-0.2, 0) is 4.79 Å². The molecule has 0 N–H and O–H groups in total. The van der Waals surface area contributed by atoms with E-state index in [2.05, 4.69) is 5.32 Å². The third kappa shape index (κ3) is 3.47. The molecule has 0 aromatic rings. The van der Waals surface area contributed by atoms with Crippen LogP contribution < -0.4 is 5.32 Å². The second-order valence-corrected chi connectivity index (χ2v) is 1.35. The Labute approximate surface area is 37.5 Å². The zero-order valence-electron chi connectivity index (χ0n) is 4.01. The second kappa shape index (κ2) is 2.69. The number of rotatable bonds is 2. The molecule has 1 amide bonds. The summed E-state index contributed by atoms with van der Waals surface area (Å²) in [6.07, 6.45) is 0.574. The minimum atomic E-state index is 0.155. The fourth-order valence-electron chi connectivity index (χ4n) is 0.122. The van der Waals surface area contributed by atoms with Crippen LogP contribution >= 0.6 is 0 Å². The molecule has 0 saturated carbocycles. The predicted molar refractivity (Wildman–Crippen MR) is 23.3 cm³/mol. The van der Waals surface area contributed by atoms with Gasteiger partial charge in [-0.2, -0.15) is 0 Å². The zero-order chi connectivity index (χ0) is 4.99. The Balaban J connectivity index is 2.81. The highest BCUT2D eigenvalue weighted by atomic mass is 16.1. The highest BCUT2D eigenvalue weighted by Gasteiger charge is 1.84. The van der Waals surface area contributed by atoms with Crippen LogP contribution in [0.1, 0.15) is 13.8 Å². The molecule has 0 unspecified atom stereocenters. The van der Waals surface area contributed by atoms with Crippen molar-refractivity contribution >= 4 is 6.41 Å². The van der Waals surface area contributed by atoms with Gasteiger partial charge in [-0.25, -0.2) is 0 Å². The molecule has 0 bridgehead atoms. The maximum Gasteiger partial charge on any atom is 0.228 e. The van der Waals surface area contributed by atoms with E-state index >= 15 is 0 Å². The van der Waals surface area contributed by atoms with E-state index in [1.165, 1.54) is 0 Å². The van der Waals surface area contributed by atoms with E-state index < -0.39 is 0 Å². The van der Waals surface area contributed by atoms with Gasteiger partial charge in [-0.3, -0.25) is 10.1 Å². The summed E-state index contributed by atoms with van der Waals surface area (Å²) in [6.45, 7) is 3.71. The fourth-order valence-corrected chi connectivity index (χ4v) is 0.122. The van der Waals surface area contributed by atoms with Gasteiger partial charge in [0, 0.05) is 6.04 Å². The maximum atomic E-state index is 9.45. The molecule has 1 radical (unpaired) electrons. The van der Waals surface area contributed by atoms with Crippen LogP contribution in [0.5, 0.6) is 0 Å². The average molecular weight is 86.1 g/mol. The molecule has 6 heavy (non-hydrogen) atoms. The molecule has 0 fully saturated rings. The lowest BCUT2D eigenvalue weighted by Gasteiger charge is -1.91. The summed E-state index contributed by atoms with van der Waals surface area (Å²) in [5, 5.41) is 3.44. The lowest BCUT2D eigenvalue weighted by molar-refractivity contribution is -0.110. The van der Waals surface area contributed by atoms with Gasteiger partial charge in [0.05, 0.1) is 0 Å². The van der Waals surface area contributed by atoms with Gasteiger partial charge >= 0.3 is 0 Å². The molecular formula is C4H8NO. The van der Waals surface area contributed by atoms with Crippen LogP contribution in [0.2, 0.25) is 0 Å². The van der Waals surface area contributed by atoms with Gasteiger partial charge in [-0.1, -0.05) is 0 Å². The number of carbonyl (C=O) groups is 1. The Bertz CT molecular complexity index is 42.8. The maximum absolute atomic E-state index is 9.45. The van der Waals surface area contributed by atoms with Gasteiger partial charge in [0.1, 0.15) is 0 Å². The Morgan fingerprint density at radius 3 is 2.17 bits per heavy atom. The van der Waals surface area contributed by atoms with E-state index in [0.29, 0.717) is 6.41 Å². The number of carbonyl (C=O) groups excluding carboxylic acids is 1. The molecule has 35 valence electrons. The van der Waals surface area contributed by atoms with Crippen LogP contribution in [0, 0.1) is 0 Å². The molecule has 0 aliphatic rings. The molecule has 2 nitrogen and oxygen atoms in total. The highest BCUT2D eigenvalue weighted by Crippen LogP contribution is 1.71. The highest BCUT2D eigenvalue weighted by molar-refractivity contribution is 5.45. The van der Waals surface area contributed by atoms with Crippen LogP contribution in [0.25, 0.3) is 0 Å². The first kappa shape index (κ1) is 5.47. The van der Waals surface area contributed by atoms with Crippen molar-refractivity contribution in [2.75, 3.05) is 0 Å². The van der Waals surface area contributed by atoms with E-state index in [-0.39, 0.29) is 6.04 Å². The van der Waals surface area contributed by atoms with Crippen molar-refractivity contribution in [2.24, 2.45) is 0 Å². The van der Waals surface area contributed by atoms with Crippen LogP contribution in [-0.4, -0.2) is 12.5 Å². The average Bonchev–Trinajstić information content (AvgIpc) is 1.35. The molecule has 0 heterocycles. The van der Waals surface area contributed by atoms with Gasteiger partial charge in [0.25, 0.3) is 0 Å². The summed E-state index contributed by atoms with van der Waals surface area (Å²) in [6, 6.07) is 0.155. The second-order valence-electron chi connectivity index (χ2n) is 1.35. The molecule has 0 saturated heterocycles. The minimum Gasteiger partial charge on any atom is -0.277 e. The summed E-state index contributed by atoms with van der Waals surface area (Å²) in [5.74, 6) is 0. The van der Waals surface area contributed by atoms with Crippen molar-refractivity contribution in [1.29, 1.82) is 0 Å². The SMILES string of the molecule is CC(C)[N]C=O. The minimum absolute atomic E-state index is 0.155. The van der Waals surface area contributed by atoms with Crippen LogP contribution in [0.15, 0.2) is 0 Å². The Kier molecular flexibility index (Phi) is 2.46. The van der Waals surface area contributed by atoms with Gasteiger partial charge in [0.2, 0.25) is 6.41 Å². The molecule has 0 aromatic heterocycles. The summed E-state index contributed by atoms with van der Waals surface area (Å²) in [4.78, 5) is 9.45. The first-order chi connectivity index (χ1) is 2.77. The van der Waals surface area contributed by atoms with Crippen molar-refractivity contribution < 1.29 is 4.79 Å². The molecule has 0 rings (SSSR count). The Hall–Kier alpha value is -0.530. The fraction of sp³-hybridized carbons (Fsp3) is 0.750. The molecule has 0 aromatic carbocycles. The molecular weight excluding hydrogens is 78.0 g/mol. The summed E-state index contributed by atoms with van der Waals surface area (Å²) < 4.78 is 0. The van der Waals surface area contributed by atoms with Crippen molar-refractivity contribution in [3.05, 3.63) is 0 Å². The van der Waals surface area contributed by atoms with Crippen molar-refractivity contribution in [2.45, 2.75) is 19.9 Å². The summed E-state index contributed by atoms with van der Waals surface area (Å²) in [7, 11) is 0. The number of hydrogen-bond acceptors (Lipinski definition) is 1. The number of amides is 1. The van der Waals surface area contributed by atoms with Crippen LogP contribution in [0.4, 0.5) is 0 Å². The third-order valence-corrected chi connectivity index (χ3v) is 0.359. The quantitative estimate of drug-likeness (QED) is 0.440. The monoisotopic (exact) mass is 86.1 g/mol. The summed E-state index contributed by atoms with van der Waals surface area (Å²) >= 11 is 0. The molecule has 0 aliphatic heterocycles. The van der Waals surface area contributed by atoms with Gasteiger partial charge < -0.3 is 0 Å². The molecule has 0 aliphatic carbocycles. The topological polar surface area (TPSA) is 31.2 Å². The smallest absolute Gasteiger partial charge is 0.228 e. The summed E-state index contributed by atoms with van der Waals surface area (Å²) in [5.41, 5.74) is 0. The first-order valence-electron chi connectivity index (χ1n) is 1.91. The molecule has 0 spiro atoms. The van der Waals surface area contributed by atoms with Gasteiger partial charge in [-0.15, -0.1) is 0 Å².